The minimum Gasteiger partial charge on any atom is -0.454 e. The van der Waals surface area contributed by atoms with E-state index in [1.54, 1.807) is 4.90 Å². The maximum Gasteiger partial charge on any atom is 0.260 e. The molecule has 158 valence electrons. The highest BCUT2D eigenvalue weighted by Gasteiger charge is 2.24. The van der Waals surface area contributed by atoms with Crippen molar-refractivity contribution in [2.45, 2.75) is 26.2 Å². The van der Waals surface area contributed by atoms with Crippen molar-refractivity contribution in [3.05, 3.63) is 47.5 Å². The maximum atomic E-state index is 13.4. The van der Waals surface area contributed by atoms with Crippen LogP contribution < -0.4 is 19.3 Å². The van der Waals surface area contributed by atoms with Crippen molar-refractivity contribution in [1.29, 1.82) is 0 Å². The number of quaternary nitrogens is 1. The van der Waals surface area contributed by atoms with Gasteiger partial charge in [-0.3, -0.25) is 9.69 Å². The third-order valence-electron chi connectivity index (χ3n) is 5.18. The van der Waals surface area contributed by atoms with E-state index in [-0.39, 0.29) is 18.1 Å². The molecule has 0 fully saturated rings. The number of nitrogens with one attached hydrogen (secondary N) is 1. The van der Waals surface area contributed by atoms with E-state index in [2.05, 4.69) is 34.9 Å². The average molecular weight is 427 g/mol. The first-order chi connectivity index (χ1) is 14.2. The summed E-state index contributed by atoms with van der Waals surface area (Å²) in [6.07, 6.45) is 0. The molecule has 0 spiro atoms. The number of nitrogens with zero attached hydrogens (tertiary/aromatic N) is 2. The number of carbonyl (C=O) groups excluding carboxylic acids is 1. The Labute approximate surface area is 181 Å². The van der Waals surface area contributed by atoms with Gasteiger partial charge in [-0.1, -0.05) is 44.2 Å². The van der Waals surface area contributed by atoms with Crippen molar-refractivity contribution in [1.82, 2.24) is 4.98 Å². The predicted octanol–water partition coefficient (Wildman–Crippen LogP) is 3.11. The molecule has 0 aliphatic carbocycles. The molecule has 0 unspecified atom stereocenters. The van der Waals surface area contributed by atoms with Gasteiger partial charge in [-0.15, -0.1) is 0 Å². The van der Waals surface area contributed by atoms with Crippen LogP contribution in [0.1, 0.15) is 36.7 Å². The summed E-state index contributed by atoms with van der Waals surface area (Å²) in [4.78, 5) is 21.2. The largest absolute Gasteiger partial charge is 0.454 e. The number of likely N-dealkylation sites (N-methyl/N-ethyl adjacent to an activating group) is 1. The van der Waals surface area contributed by atoms with E-state index in [4.69, 9.17) is 14.5 Å². The van der Waals surface area contributed by atoms with Crippen LogP contribution in [-0.4, -0.2) is 44.9 Å². The molecule has 30 heavy (non-hydrogen) atoms. The summed E-state index contributed by atoms with van der Waals surface area (Å²) >= 11 is 1.50. The van der Waals surface area contributed by atoms with Gasteiger partial charge in [-0.25, -0.2) is 4.98 Å². The quantitative estimate of drug-likeness (QED) is 0.681. The summed E-state index contributed by atoms with van der Waals surface area (Å²) in [5.41, 5.74) is 2.74. The minimum absolute atomic E-state index is 0.0317. The second-order valence-corrected chi connectivity index (χ2v) is 9.92. The van der Waals surface area contributed by atoms with E-state index in [0.717, 1.165) is 22.5 Å². The van der Waals surface area contributed by atoms with Gasteiger partial charge in [0.1, 0.15) is 0 Å². The number of amides is 1. The highest BCUT2D eigenvalue weighted by Crippen LogP contribution is 2.40. The number of fused-ring (bicyclic) bond motifs is 2. The Hall–Kier alpha value is -2.64. The third kappa shape index (κ3) is 4.13. The molecule has 0 radical (unpaired) electrons. The van der Waals surface area contributed by atoms with Crippen LogP contribution in [0.15, 0.2) is 36.4 Å². The van der Waals surface area contributed by atoms with Gasteiger partial charge in [0.2, 0.25) is 6.79 Å². The molecular weight excluding hydrogens is 398 g/mol. The predicted molar refractivity (Wildman–Crippen MR) is 120 cm³/mol. The van der Waals surface area contributed by atoms with E-state index >= 15 is 0 Å². The lowest BCUT2D eigenvalue weighted by atomic mass is 9.86. The zero-order valence-electron chi connectivity index (χ0n) is 18.1. The van der Waals surface area contributed by atoms with Crippen molar-refractivity contribution in [2.24, 2.45) is 0 Å². The fourth-order valence-electron chi connectivity index (χ4n) is 3.31. The number of anilines is 1. The van der Waals surface area contributed by atoms with Crippen molar-refractivity contribution in [2.75, 3.05) is 38.9 Å². The summed E-state index contributed by atoms with van der Waals surface area (Å²) in [6, 6.07) is 11.7. The average Bonchev–Trinajstić information content (AvgIpc) is 3.30. The summed E-state index contributed by atoms with van der Waals surface area (Å²) in [6.45, 7) is 8.16. The van der Waals surface area contributed by atoms with Crippen LogP contribution in [0.5, 0.6) is 11.5 Å². The Morgan fingerprint density at radius 3 is 2.43 bits per heavy atom. The van der Waals surface area contributed by atoms with E-state index < -0.39 is 0 Å². The summed E-state index contributed by atoms with van der Waals surface area (Å²) < 4.78 is 11.9. The molecule has 0 saturated heterocycles. The zero-order chi connectivity index (χ0) is 21.5. The zero-order valence-corrected chi connectivity index (χ0v) is 18.9. The number of rotatable bonds is 5. The fourth-order valence-corrected chi connectivity index (χ4v) is 4.31. The topological polar surface area (TPSA) is 56.1 Å². The molecule has 1 aliphatic heterocycles. The number of carbonyl (C=O) groups is 1. The van der Waals surface area contributed by atoms with Gasteiger partial charge in [-0.05, 0) is 23.1 Å². The molecule has 0 saturated carbocycles. The highest BCUT2D eigenvalue weighted by atomic mass is 32.1. The Morgan fingerprint density at radius 1 is 1.13 bits per heavy atom. The summed E-state index contributed by atoms with van der Waals surface area (Å²) in [5.74, 6) is 1.40. The number of aromatic nitrogens is 1. The van der Waals surface area contributed by atoms with Gasteiger partial charge in [0.25, 0.3) is 5.91 Å². The Morgan fingerprint density at radius 2 is 1.80 bits per heavy atom. The van der Waals surface area contributed by atoms with Gasteiger partial charge in [0, 0.05) is 17.7 Å². The number of hydrogen-bond donors (Lipinski definition) is 1. The molecule has 1 aliphatic rings. The molecule has 6 nitrogen and oxygen atoms in total. The van der Waals surface area contributed by atoms with Crippen molar-refractivity contribution < 1.29 is 19.2 Å². The van der Waals surface area contributed by atoms with Gasteiger partial charge >= 0.3 is 0 Å². The fraction of sp³-hybridized carbons (Fsp3) is 0.391. The van der Waals surface area contributed by atoms with Crippen molar-refractivity contribution >= 4 is 32.6 Å². The van der Waals surface area contributed by atoms with Gasteiger partial charge in [-0.2, -0.15) is 0 Å². The van der Waals surface area contributed by atoms with Crippen LogP contribution in [0.4, 0.5) is 5.13 Å². The first-order valence-electron chi connectivity index (χ1n) is 10.1. The molecule has 2 heterocycles. The van der Waals surface area contributed by atoms with Crippen LogP contribution in [-0.2, 0) is 5.41 Å². The molecule has 0 bridgehead atoms. The Balaban J connectivity index is 1.67. The number of benzene rings is 2. The monoisotopic (exact) mass is 426 g/mol. The van der Waals surface area contributed by atoms with Crippen LogP contribution in [0.25, 0.3) is 10.2 Å². The smallest absolute Gasteiger partial charge is 0.260 e. The Kier molecular flexibility index (Phi) is 5.42. The first-order valence-corrected chi connectivity index (χ1v) is 11.0. The Bertz CT molecular complexity index is 1030. The molecule has 2 aromatic carbocycles. The van der Waals surface area contributed by atoms with E-state index in [9.17, 15) is 4.79 Å². The number of ether oxygens (including phenoxy) is 2. The normalized spacial score (nSPS) is 13.3. The third-order valence-corrected chi connectivity index (χ3v) is 6.22. The molecule has 3 aromatic rings. The molecule has 1 aromatic heterocycles. The van der Waals surface area contributed by atoms with Crippen molar-refractivity contribution in [3.8, 4) is 11.5 Å². The van der Waals surface area contributed by atoms with Gasteiger partial charge < -0.3 is 14.4 Å². The standard InChI is InChI=1S/C23H27N3O3S/c1-23(2,3)16-8-6-15(7-9-16)21(27)26(11-10-25(4)5)22-24-17-12-18-19(29-14-28-18)13-20(17)30-22/h6-9,12-13H,10-11,14H2,1-5H3/p+1. The van der Waals surface area contributed by atoms with Crippen LogP contribution in [0.3, 0.4) is 0 Å². The lowest BCUT2D eigenvalue weighted by Gasteiger charge is -2.22. The van der Waals surface area contributed by atoms with E-state index in [0.29, 0.717) is 23.0 Å². The SMILES string of the molecule is C[NH+](C)CCN(C(=O)c1ccc(C(C)(C)C)cc1)c1nc2cc3c(cc2s1)OCO3. The van der Waals surface area contributed by atoms with Crippen LogP contribution in [0.2, 0.25) is 0 Å². The maximum absolute atomic E-state index is 13.4. The second-order valence-electron chi connectivity index (χ2n) is 8.91. The molecule has 1 N–H and O–H groups in total. The molecule has 0 atom stereocenters. The highest BCUT2D eigenvalue weighted by molar-refractivity contribution is 7.22. The lowest BCUT2D eigenvalue weighted by Crippen LogP contribution is -3.06. The molecule has 1 amide bonds. The van der Waals surface area contributed by atoms with Gasteiger partial charge in [0.15, 0.2) is 16.6 Å². The molecule has 4 rings (SSSR count). The summed E-state index contributed by atoms with van der Waals surface area (Å²) in [7, 11) is 4.16. The summed E-state index contributed by atoms with van der Waals surface area (Å²) in [5, 5.41) is 0.694. The minimum atomic E-state index is -0.0317. The number of thiazole rings is 1. The van der Waals surface area contributed by atoms with Crippen molar-refractivity contribution in [3.63, 3.8) is 0 Å². The lowest BCUT2D eigenvalue weighted by molar-refractivity contribution is -0.856. The van der Waals surface area contributed by atoms with Crippen LogP contribution >= 0.6 is 11.3 Å². The first kappa shape index (κ1) is 20.6. The van der Waals surface area contributed by atoms with Gasteiger partial charge in [0.05, 0.1) is 37.4 Å². The number of hydrogen-bond acceptors (Lipinski definition) is 5. The van der Waals surface area contributed by atoms with E-state index in [1.165, 1.54) is 21.8 Å². The molecule has 7 heteroatoms. The van der Waals surface area contributed by atoms with E-state index in [1.807, 2.05) is 36.4 Å². The van der Waals surface area contributed by atoms with Crippen LogP contribution in [0, 0.1) is 0 Å². The molecular formula is C23H28N3O3S+. The second kappa shape index (κ2) is 7.89.